The molecule has 0 aliphatic heterocycles. The van der Waals surface area contributed by atoms with Gasteiger partial charge in [-0.15, -0.1) is 0 Å². The summed E-state index contributed by atoms with van der Waals surface area (Å²) >= 11 is 0. The van der Waals surface area contributed by atoms with E-state index in [0.717, 1.165) is 6.07 Å². The number of nitrogens with zero attached hydrogens (tertiary/aromatic N) is 3. The Morgan fingerprint density at radius 2 is 2.05 bits per heavy atom. The lowest BCUT2D eigenvalue weighted by Crippen LogP contribution is -2.22. The minimum atomic E-state index is -0.840. The Balaban J connectivity index is 2.07. The molecule has 108 valence electrons. The lowest BCUT2D eigenvalue weighted by Gasteiger charge is -2.23. The molecule has 1 aromatic heterocycles. The van der Waals surface area contributed by atoms with Crippen LogP contribution in [0.15, 0.2) is 22.7 Å². The van der Waals surface area contributed by atoms with Gasteiger partial charge in [0, 0.05) is 12.5 Å². The summed E-state index contributed by atoms with van der Waals surface area (Å²) in [6.45, 7) is 4.30. The van der Waals surface area contributed by atoms with Crippen LogP contribution in [0.4, 0.5) is 8.78 Å². The van der Waals surface area contributed by atoms with Gasteiger partial charge in [0.25, 0.3) is 0 Å². The SMILES string of the molecule is CCc1noc(CN(C)[C@H](C)c2ccc(F)c(F)c2)n1. The molecule has 6 heteroatoms. The van der Waals surface area contributed by atoms with Crippen LogP contribution in [0, 0.1) is 11.6 Å². The number of hydrogen-bond acceptors (Lipinski definition) is 4. The first-order chi connectivity index (χ1) is 9.51. The molecule has 1 atom stereocenters. The summed E-state index contributed by atoms with van der Waals surface area (Å²) in [6.07, 6.45) is 0.714. The summed E-state index contributed by atoms with van der Waals surface area (Å²) in [7, 11) is 1.86. The number of aromatic nitrogens is 2. The number of aryl methyl sites for hydroxylation is 1. The van der Waals surface area contributed by atoms with Gasteiger partial charge < -0.3 is 4.52 Å². The molecular weight excluding hydrogens is 264 g/mol. The monoisotopic (exact) mass is 281 g/mol. The van der Waals surface area contributed by atoms with Crippen LogP contribution in [0.25, 0.3) is 0 Å². The van der Waals surface area contributed by atoms with Gasteiger partial charge in [-0.05, 0) is 31.7 Å². The van der Waals surface area contributed by atoms with Crippen molar-refractivity contribution in [2.45, 2.75) is 32.9 Å². The van der Waals surface area contributed by atoms with Crippen LogP contribution < -0.4 is 0 Å². The highest BCUT2D eigenvalue weighted by atomic mass is 19.2. The predicted octanol–water partition coefficient (Wildman–Crippen LogP) is 3.10. The van der Waals surface area contributed by atoms with E-state index >= 15 is 0 Å². The fraction of sp³-hybridized carbons (Fsp3) is 0.429. The molecule has 0 aliphatic rings. The molecule has 0 bridgehead atoms. The van der Waals surface area contributed by atoms with E-state index < -0.39 is 11.6 Å². The molecule has 0 unspecified atom stereocenters. The first-order valence-corrected chi connectivity index (χ1v) is 6.48. The Labute approximate surface area is 116 Å². The molecule has 1 heterocycles. The van der Waals surface area contributed by atoms with E-state index in [1.165, 1.54) is 6.07 Å². The standard InChI is InChI=1S/C14H17F2N3O/c1-4-13-17-14(20-18-13)8-19(3)9(2)10-5-6-11(15)12(16)7-10/h5-7,9H,4,8H2,1-3H3/t9-/m1/s1. The van der Waals surface area contributed by atoms with E-state index in [2.05, 4.69) is 10.1 Å². The van der Waals surface area contributed by atoms with Crippen LogP contribution >= 0.6 is 0 Å². The first kappa shape index (κ1) is 14.6. The molecule has 0 radical (unpaired) electrons. The number of benzene rings is 1. The second-order valence-electron chi connectivity index (χ2n) is 4.72. The van der Waals surface area contributed by atoms with Crippen molar-refractivity contribution < 1.29 is 13.3 Å². The highest BCUT2D eigenvalue weighted by Gasteiger charge is 2.16. The zero-order valence-corrected chi connectivity index (χ0v) is 11.7. The van der Waals surface area contributed by atoms with Crippen LogP contribution in [-0.4, -0.2) is 22.1 Å². The molecule has 0 amide bonds. The molecular formula is C14H17F2N3O. The van der Waals surface area contributed by atoms with E-state index in [-0.39, 0.29) is 6.04 Å². The number of halogens is 2. The predicted molar refractivity (Wildman–Crippen MR) is 69.9 cm³/mol. The Morgan fingerprint density at radius 1 is 1.30 bits per heavy atom. The fourth-order valence-electron chi connectivity index (χ4n) is 1.87. The molecule has 2 rings (SSSR count). The minimum Gasteiger partial charge on any atom is -0.338 e. The second kappa shape index (κ2) is 6.09. The highest BCUT2D eigenvalue weighted by Crippen LogP contribution is 2.22. The summed E-state index contributed by atoms with van der Waals surface area (Å²) in [4.78, 5) is 6.15. The molecule has 4 nitrogen and oxygen atoms in total. The zero-order valence-electron chi connectivity index (χ0n) is 11.7. The number of rotatable bonds is 5. The van der Waals surface area contributed by atoms with Gasteiger partial charge in [0.05, 0.1) is 6.54 Å². The van der Waals surface area contributed by atoms with E-state index in [0.29, 0.717) is 30.2 Å². The van der Waals surface area contributed by atoms with E-state index in [4.69, 9.17) is 4.52 Å². The van der Waals surface area contributed by atoms with Crippen molar-refractivity contribution >= 4 is 0 Å². The second-order valence-corrected chi connectivity index (χ2v) is 4.72. The van der Waals surface area contributed by atoms with Crippen LogP contribution in [0.1, 0.15) is 37.2 Å². The maximum absolute atomic E-state index is 13.2. The van der Waals surface area contributed by atoms with Crippen molar-refractivity contribution in [2.24, 2.45) is 0 Å². The average Bonchev–Trinajstić information content (AvgIpc) is 2.88. The summed E-state index contributed by atoms with van der Waals surface area (Å²) in [5, 5.41) is 3.82. The molecule has 0 spiro atoms. The van der Waals surface area contributed by atoms with Crippen LogP contribution in [0.3, 0.4) is 0 Å². The molecule has 2 aromatic rings. The largest absolute Gasteiger partial charge is 0.338 e. The van der Waals surface area contributed by atoms with Crippen molar-refractivity contribution in [3.63, 3.8) is 0 Å². The van der Waals surface area contributed by atoms with Gasteiger partial charge in [-0.1, -0.05) is 18.1 Å². The molecule has 0 fully saturated rings. The quantitative estimate of drug-likeness (QED) is 0.844. The van der Waals surface area contributed by atoms with Gasteiger partial charge in [0.1, 0.15) is 0 Å². The third-order valence-corrected chi connectivity index (χ3v) is 3.30. The average molecular weight is 281 g/mol. The molecule has 0 saturated heterocycles. The third-order valence-electron chi connectivity index (χ3n) is 3.30. The fourth-order valence-corrected chi connectivity index (χ4v) is 1.87. The van der Waals surface area contributed by atoms with Gasteiger partial charge in [0.2, 0.25) is 5.89 Å². The Kier molecular flexibility index (Phi) is 4.44. The van der Waals surface area contributed by atoms with Gasteiger partial charge in [-0.3, -0.25) is 4.90 Å². The minimum absolute atomic E-state index is 0.0953. The van der Waals surface area contributed by atoms with Gasteiger partial charge in [0.15, 0.2) is 17.5 Å². The maximum atomic E-state index is 13.2. The van der Waals surface area contributed by atoms with E-state index in [1.54, 1.807) is 6.07 Å². The summed E-state index contributed by atoms with van der Waals surface area (Å²) in [6, 6.07) is 3.82. The maximum Gasteiger partial charge on any atom is 0.240 e. The van der Waals surface area contributed by atoms with Crippen molar-refractivity contribution in [2.75, 3.05) is 7.05 Å². The summed E-state index contributed by atoms with van der Waals surface area (Å²) < 4.78 is 31.3. The summed E-state index contributed by atoms with van der Waals surface area (Å²) in [5.74, 6) is -0.505. The molecule has 0 N–H and O–H groups in total. The van der Waals surface area contributed by atoms with E-state index in [1.807, 2.05) is 25.8 Å². The van der Waals surface area contributed by atoms with Crippen molar-refractivity contribution in [1.82, 2.24) is 15.0 Å². The van der Waals surface area contributed by atoms with Gasteiger partial charge in [-0.2, -0.15) is 4.98 Å². The summed E-state index contributed by atoms with van der Waals surface area (Å²) in [5.41, 5.74) is 0.696. The van der Waals surface area contributed by atoms with E-state index in [9.17, 15) is 8.78 Å². The van der Waals surface area contributed by atoms with Crippen LogP contribution in [0.5, 0.6) is 0 Å². The first-order valence-electron chi connectivity index (χ1n) is 6.48. The molecule has 0 saturated carbocycles. The lowest BCUT2D eigenvalue weighted by atomic mass is 10.1. The Bertz CT molecular complexity index is 586. The molecule has 1 aromatic carbocycles. The highest BCUT2D eigenvalue weighted by molar-refractivity contribution is 5.20. The van der Waals surface area contributed by atoms with Gasteiger partial charge in [-0.25, -0.2) is 8.78 Å². The Hall–Kier alpha value is -1.82. The van der Waals surface area contributed by atoms with Gasteiger partial charge >= 0.3 is 0 Å². The molecule has 20 heavy (non-hydrogen) atoms. The third kappa shape index (κ3) is 3.19. The topological polar surface area (TPSA) is 42.2 Å². The zero-order chi connectivity index (χ0) is 14.7. The van der Waals surface area contributed by atoms with Crippen molar-refractivity contribution in [3.05, 3.63) is 47.1 Å². The Morgan fingerprint density at radius 3 is 2.65 bits per heavy atom. The normalized spacial score (nSPS) is 12.9. The molecule has 0 aliphatic carbocycles. The van der Waals surface area contributed by atoms with Crippen molar-refractivity contribution in [1.29, 1.82) is 0 Å². The lowest BCUT2D eigenvalue weighted by molar-refractivity contribution is 0.216. The van der Waals surface area contributed by atoms with Crippen molar-refractivity contribution in [3.8, 4) is 0 Å². The smallest absolute Gasteiger partial charge is 0.240 e. The number of hydrogen-bond donors (Lipinski definition) is 0. The van der Waals surface area contributed by atoms with Crippen LogP contribution in [0.2, 0.25) is 0 Å². The van der Waals surface area contributed by atoms with Crippen LogP contribution in [-0.2, 0) is 13.0 Å².